The summed E-state index contributed by atoms with van der Waals surface area (Å²) in [5.74, 6) is 0.710. The van der Waals surface area contributed by atoms with Crippen molar-refractivity contribution in [2.75, 3.05) is 53.0 Å². The van der Waals surface area contributed by atoms with Crippen molar-refractivity contribution < 1.29 is 9.47 Å². The highest BCUT2D eigenvalue weighted by molar-refractivity contribution is 4.68. The van der Waals surface area contributed by atoms with Gasteiger partial charge in [-0.15, -0.1) is 0 Å². The Morgan fingerprint density at radius 1 is 1.16 bits per heavy atom. The van der Waals surface area contributed by atoms with Gasteiger partial charge in [-0.2, -0.15) is 0 Å². The summed E-state index contributed by atoms with van der Waals surface area (Å²) in [6, 6.07) is 0. The second-order valence-corrected chi connectivity index (χ2v) is 5.86. The molecular formula is C15H32N2O2. The number of rotatable bonds is 10. The van der Waals surface area contributed by atoms with Crippen LogP contribution in [0.25, 0.3) is 0 Å². The van der Waals surface area contributed by atoms with Crippen molar-refractivity contribution in [1.29, 1.82) is 0 Å². The van der Waals surface area contributed by atoms with Gasteiger partial charge in [-0.1, -0.05) is 13.8 Å². The lowest BCUT2D eigenvalue weighted by Crippen LogP contribution is -2.34. The SMILES string of the molecule is COCCN(CCCOC1CCNCC1)CC(C)C. The van der Waals surface area contributed by atoms with Crippen molar-refractivity contribution in [2.45, 2.75) is 39.2 Å². The predicted molar refractivity (Wildman–Crippen MR) is 79.6 cm³/mol. The summed E-state index contributed by atoms with van der Waals surface area (Å²) in [5.41, 5.74) is 0. The molecule has 0 amide bonds. The summed E-state index contributed by atoms with van der Waals surface area (Å²) >= 11 is 0. The van der Waals surface area contributed by atoms with E-state index < -0.39 is 0 Å². The zero-order valence-corrected chi connectivity index (χ0v) is 13.0. The predicted octanol–water partition coefficient (Wildman–Crippen LogP) is 1.75. The Labute approximate surface area is 118 Å². The van der Waals surface area contributed by atoms with Gasteiger partial charge in [0.2, 0.25) is 0 Å². The number of ether oxygens (including phenoxy) is 2. The van der Waals surface area contributed by atoms with Crippen molar-refractivity contribution >= 4 is 0 Å². The van der Waals surface area contributed by atoms with Gasteiger partial charge in [0.05, 0.1) is 12.7 Å². The van der Waals surface area contributed by atoms with Crippen LogP contribution in [-0.4, -0.2) is 64.1 Å². The van der Waals surface area contributed by atoms with Gasteiger partial charge in [-0.05, 0) is 38.3 Å². The van der Waals surface area contributed by atoms with Crippen molar-refractivity contribution in [3.05, 3.63) is 0 Å². The molecule has 0 unspecified atom stereocenters. The van der Waals surface area contributed by atoms with E-state index in [1.54, 1.807) is 7.11 Å². The van der Waals surface area contributed by atoms with Crippen LogP contribution in [0.5, 0.6) is 0 Å². The standard InChI is InChI=1S/C15H32N2O2/c1-14(2)13-17(10-12-18-3)9-4-11-19-15-5-7-16-8-6-15/h14-16H,4-13H2,1-3H3. The van der Waals surface area contributed by atoms with Crippen molar-refractivity contribution in [2.24, 2.45) is 5.92 Å². The minimum atomic E-state index is 0.485. The highest BCUT2D eigenvalue weighted by atomic mass is 16.5. The summed E-state index contributed by atoms with van der Waals surface area (Å²) in [4.78, 5) is 2.49. The third-order valence-corrected chi connectivity index (χ3v) is 3.49. The number of nitrogens with one attached hydrogen (secondary N) is 1. The first-order valence-corrected chi connectivity index (χ1v) is 7.76. The third-order valence-electron chi connectivity index (χ3n) is 3.49. The van der Waals surface area contributed by atoms with Gasteiger partial charge in [-0.3, -0.25) is 0 Å². The Balaban J connectivity index is 2.08. The second kappa shape index (κ2) is 10.6. The molecule has 0 spiro atoms. The molecule has 1 heterocycles. The Morgan fingerprint density at radius 3 is 2.53 bits per heavy atom. The molecule has 19 heavy (non-hydrogen) atoms. The maximum atomic E-state index is 5.94. The molecule has 1 saturated heterocycles. The molecule has 0 bridgehead atoms. The average Bonchev–Trinajstić information content (AvgIpc) is 2.41. The zero-order valence-electron chi connectivity index (χ0n) is 13.0. The lowest BCUT2D eigenvalue weighted by atomic mass is 10.1. The first kappa shape index (κ1) is 16.9. The van der Waals surface area contributed by atoms with Crippen LogP contribution in [0.4, 0.5) is 0 Å². The molecule has 4 heteroatoms. The van der Waals surface area contributed by atoms with E-state index in [2.05, 4.69) is 24.1 Å². The molecule has 0 aromatic heterocycles. The van der Waals surface area contributed by atoms with Crippen LogP contribution in [0, 0.1) is 5.92 Å². The van der Waals surface area contributed by atoms with Crippen LogP contribution in [0.1, 0.15) is 33.1 Å². The maximum Gasteiger partial charge on any atom is 0.0599 e. The minimum Gasteiger partial charge on any atom is -0.383 e. The van der Waals surface area contributed by atoms with Gasteiger partial charge in [0.15, 0.2) is 0 Å². The van der Waals surface area contributed by atoms with E-state index in [1.165, 1.54) is 12.8 Å². The van der Waals surface area contributed by atoms with Crippen molar-refractivity contribution in [3.63, 3.8) is 0 Å². The summed E-state index contributed by atoms with van der Waals surface area (Å²) < 4.78 is 11.1. The van der Waals surface area contributed by atoms with Gasteiger partial charge in [0, 0.05) is 33.4 Å². The molecule has 0 aliphatic carbocycles. The van der Waals surface area contributed by atoms with E-state index in [9.17, 15) is 0 Å². The molecule has 1 N–H and O–H groups in total. The Hall–Kier alpha value is -0.160. The minimum absolute atomic E-state index is 0.485. The Bertz CT molecular complexity index is 206. The van der Waals surface area contributed by atoms with Crippen LogP contribution in [0.3, 0.4) is 0 Å². The molecule has 114 valence electrons. The first-order valence-electron chi connectivity index (χ1n) is 7.76. The van der Waals surface area contributed by atoms with Crippen molar-refractivity contribution in [3.8, 4) is 0 Å². The quantitative estimate of drug-likeness (QED) is 0.614. The molecule has 1 rings (SSSR count). The Kier molecular flexibility index (Phi) is 9.43. The number of methoxy groups -OCH3 is 1. The van der Waals surface area contributed by atoms with E-state index in [4.69, 9.17) is 9.47 Å². The van der Waals surface area contributed by atoms with Crippen molar-refractivity contribution in [1.82, 2.24) is 10.2 Å². The van der Waals surface area contributed by atoms with Gasteiger partial charge in [0.25, 0.3) is 0 Å². The molecule has 0 aromatic carbocycles. The van der Waals surface area contributed by atoms with Gasteiger partial charge >= 0.3 is 0 Å². The number of hydrogen-bond donors (Lipinski definition) is 1. The molecule has 0 radical (unpaired) electrons. The summed E-state index contributed by atoms with van der Waals surface area (Å²) in [6.45, 7) is 11.8. The molecule has 4 nitrogen and oxygen atoms in total. The first-order chi connectivity index (χ1) is 9.22. The smallest absolute Gasteiger partial charge is 0.0599 e. The lowest BCUT2D eigenvalue weighted by molar-refractivity contribution is 0.0261. The molecule has 1 fully saturated rings. The van der Waals surface area contributed by atoms with Crippen LogP contribution < -0.4 is 5.32 Å². The van der Waals surface area contributed by atoms with Crippen LogP contribution in [0.2, 0.25) is 0 Å². The molecule has 0 aromatic rings. The third kappa shape index (κ3) is 8.58. The van der Waals surface area contributed by atoms with Crippen LogP contribution >= 0.6 is 0 Å². The van der Waals surface area contributed by atoms with Gasteiger partial charge in [0.1, 0.15) is 0 Å². The fraction of sp³-hybridized carbons (Fsp3) is 1.00. The molecule has 1 aliphatic rings. The molecule has 1 aliphatic heterocycles. The summed E-state index contributed by atoms with van der Waals surface area (Å²) in [6.07, 6.45) is 3.94. The topological polar surface area (TPSA) is 33.7 Å². The molecular weight excluding hydrogens is 240 g/mol. The fourth-order valence-corrected chi connectivity index (χ4v) is 2.53. The average molecular weight is 272 g/mol. The summed E-state index contributed by atoms with van der Waals surface area (Å²) in [7, 11) is 1.77. The van der Waals surface area contributed by atoms with Crippen LogP contribution in [0.15, 0.2) is 0 Å². The van der Waals surface area contributed by atoms with E-state index >= 15 is 0 Å². The number of hydrogen-bond acceptors (Lipinski definition) is 4. The lowest BCUT2D eigenvalue weighted by Gasteiger charge is -2.25. The summed E-state index contributed by atoms with van der Waals surface area (Å²) in [5, 5.41) is 3.37. The van der Waals surface area contributed by atoms with E-state index in [0.29, 0.717) is 12.0 Å². The Morgan fingerprint density at radius 2 is 1.89 bits per heavy atom. The molecule has 0 atom stereocenters. The highest BCUT2D eigenvalue weighted by Crippen LogP contribution is 2.08. The van der Waals surface area contributed by atoms with Crippen LogP contribution in [-0.2, 0) is 9.47 Å². The van der Waals surface area contributed by atoms with E-state index in [1.807, 2.05) is 0 Å². The largest absolute Gasteiger partial charge is 0.383 e. The number of piperidine rings is 1. The monoisotopic (exact) mass is 272 g/mol. The van der Waals surface area contributed by atoms with E-state index in [-0.39, 0.29) is 0 Å². The second-order valence-electron chi connectivity index (χ2n) is 5.86. The maximum absolute atomic E-state index is 5.94. The number of nitrogens with zero attached hydrogens (tertiary/aromatic N) is 1. The molecule has 0 saturated carbocycles. The van der Waals surface area contributed by atoms with E-state index in [0.717, 1.165) is 52.4 Å². The highest BCUT2D eigenvalue weighted by Gasteiger charge is 2.13. The normalized spacial score (nSPS) is 17.5. The van der Waals surface area contributed by atoms with Gasteiger partial charge < -0.3 is 19.7 Å². The zero-order chi connectivity index (χ0) is 13.9. The fourth-order valence-electron chi connectivity index (χ4n) is 2.53. The van der Waals surface area contributed by atoms with Gasteiger partial charge in [-0.25, -0.2) is 0 Å².